The first-order chi connectivity index (χ1) is 18.5. The van der Waals surface area contributed by atoms with Crippen LogP contribution in [0, 0.1) is 46.3 Å². The van der Waals surface area contributed by atoms with Gasteiger partial charge >= 0.3 is 6.03 Å². The molecule has 0 aromatic heterocycles. The van der Waals surface area contributed by atoms with Crippen LogP contribution in [0.15, 0.2) is 0 Å². The minimum Gasteiger partial charge on any atom is -0.393 e. The Balaban J connectivity index is 1.17. The van der Waals surface area contributed by atoms with E-state index in [1.165, 1.54) is 25.7 Å². The molecule has 0 unspecified atom stereocenters. The lowest BCUT2D eigenvalue weighted by molar-refractivity contribution is -0.202. The minimum absolute atomic E-state index is 0.213. The topological polar surface area (TPSA) is 116 Å². The van der Waals surface area contributed by atoms with E-state index < -0.39 is 21.3 Å². The highest BCUT2D eigenvalue weighted by atomic mass is 32.2. The molecule has 5 rings (SSSR count). The van der Waals surface area contributed by atoms with E-state index >= 15 is 0 Å². The molecule has 0 bridgehead atoms. The predicted molar refractivity (Wildman–Crippen MR) is 153 cm³/mol. The standard InChI is InChI=1S/C31H54N2O5S/c1-4-23-26-19-21(34)14-16-31(26,3)25-15-17-30(2)20(12-13-24(30)27(25)28(23)35)9-8-18-32-29(36)33-39(37,38)22-10-6-5-7-11-22/h20-28,34-35H,4-19H2,1-3H3,(H2,32,33,36)/t20-,21+,23+,24-,25-,26-,27-,28+,30+,31+/m0/s1. The third-order valence-electron chi connectivity index (χ3n) is 12.8. The monoisotopic (exact) mass is 566 g/mol. The van der Waals surface area contributed by atoms with Gasteiger partial charge in [0.05, 0.1) is 17.5 Å². The summed E-state index contributed by atoms with van der Waals surface area (Å²) in [5.74, 6) is 2.70. The van der Waals surface area contributed by atoms with Crippen molar-refractivity contribution < 1.29 is 23.4 Å². The molecule has 0 heterocycles. The van der Waals surface area contributed by atoms with Gasteiger partial charge in [0.15, 0.2) is 0 Å². The number of sulfonamides is 1. The average molecular weight is 567 g/mol. The molecule has 0 radical (unpaired) electrons. The Morgan fingerprint density at radius 2 is 1.59 bits per heavy atom. The number of aliphatic hydroxyl groups excluding tert-OH is 2. The van der Waals surface area contributed by atoms with Crippen molar-refractivity contribution in [3.63, 3.8) is 0 Å². The third-order valence-corrected chi connectivity index (χ3v) is 14.6. The SMILES string of the molecule is CC[C@H]1[C@@H](O)[C@@H]2[C@H](CC[C@]3(C)[C@@H](CCCNC(=O)NS(=O)(=O)C4CCCCC4)CC[C@@H]23)[C@@]2(C)CC[C@@H](O)C[C@@H]12. The van der Waals surface area contributed by atoms with Crippen LogP contribution in [0.2, 0.25) is 0 Å². The second-order valence-electron chi connectivity index (χ2n) is 14.5. The maximum absolute atomic E-state index is 12.5. The number of nitrogens with one attached hydrogen (secondary N) is 2. The zero-order valence-electron chi connectivity index (χ0n) is 24.5. The quantitative estimate of drug-likeness (QED) is 0.310. The molecule has 7 nitrogen and oxygen atoms in total. The molecule has 0 spiro atoms. The third kappa shape index (κ3) is 5.40. The minimum atomic E-state index is -3.60. The van der Waals surface area contributed by atoms with Gasteiger partial charge in [0.1, 0.15) is 0 Å². The van der Waals surface area contributed by atoms with Crippen LogP contribution >= 0.6 is 0 Å². The number of fused-ring (bicyclic) bond motifs is 5. The van der Waals surface area contributed by atoms with Gasteiger partial charge in [-0.25, -0.2) is 17.9 Å². The van der Waals surface area contributed by atoms with Crippen molar-refractivity contribution in [2.75, 3.05) is 6.54 Å². The van der Waals surface area contributed by atoms with Crippen LogP contribution in [0.4, 0.5) is 4.79 Å². The summed E-state index contributed by atoms with van der Waals surface area (Å²) in [6.07, 6.45) is 14.1. The van der Waals surface area contributed by atoms with Crippen LogP contribution in [-0.2, 0) is 10.0 Å². The van der Waals surface area contributed by atoms with Crippen LogP contribution in [0.25, 0.3) is 0 Å². The Hall–Kier alpha value is -0.860. The fourth-order valence-electron chi connectivity index (χ4n) is 10.7. The molecular weight excluding hydrogens is 512 g/mol. The van der Waals surface area contributed by atoms with E-state index in [1.54, 1.807) is 0 Å². The molecule has 224 valence electrons. The molecule has 0 aliphatic heterocycles. The Bertz CT molecular complexity index is 983. The highest BCUT2D eigenvalue weighted by Gasteiger charge is 2.64. The molecule has 8 heteroatoms. The molecule has 0 aromatic carbocycles. The first kappa shape index (κ1) is 29.6. The van der Waals surface area contributed by atoms with Gasteiger partial charge in [0.25, 0.3) is 0 Å². The van der Waals surface area contributed by atoms with E-state index in [2.05, 4.69) is 30.8 Å². The zero-order chi connectivity index (χ0) is 28.0. The van der Waals surface area contributed by atoms with E-state index in [0.29, 0.717) is 49.0 Å². The summed E-state index contributed by atoms with van der Waals surface area (Å²) >= 11 is 0. The molecule has 39 heavy (non-hydrogen) atoms. The highest BCUT2D eigenvalue weighted by Crippen LogP contribution is 2.69. The van der Waals surface area contributed by atoms with Crippen molar-refractivity contribution in [2.45, 2.75) is 135 Å². The van der Waals surface area contributed by atoms with Crippen LogP contribution < -0.4 is 10.0 Å². The van der Waals surface area contributed by atoms with Gasteiger partial charge in [-0.05, 0) is 117 Å². The lowest BCUT2D eigenvalue weighted by atomic mass is 9.41. The second-order valence-corrected chi connectivity index (χ2v) is 16.5. The van der Waals surface area contributed by atoms with E-state index in [9.17, 15) is 23.4 Å². The fraction of sp³-hybridized carbons (Fsp3) is 0.968. The van der Waals surface area contributed by atoms with Crippen molar-refractivity contribution in [2.24, 2.45) is 46.3 Å². The van der Waals surface area contributed by atoms with Crippen molar-refractivity contribution in [1.82, 2.24) is 10.0 Å². The Labute approximate surface area is 236 Å². The van der Waals surface area contributed by atoms with Gasteiger partial charge in [-0.15, -0.1) is 0 Å². The molecule has 5 aliphatic rings. The van der Waals surface area contributed by atoms with E-state index in [0.717, 1.165) is 57.8 Å². The molecule has 5 saturated carbocycles. The van der Waals surface area contributed by atoms with Gasteiger partial charge < -0.3 is 15.5 Å². The Kier molecular flexibility index (Phi) is 8.68. The van der Waals surface area contributed by atoms with Crippen molar-refractivity contribution >= 4 is 16.1 Å². The van der Waals surface area contributed by atoms with Crippen molar-refractivity contribution in [3.05, 3.63) is 0 Å². The number of hydrogen-bond acceptors (Lipinski definition) is 5. The number of amides is 2. The highest BCUT2D eigenvalue weighted by molar-refractivity contribution is 7.90. The van der Waals surface area contributed by atoms with E-state index in [-0.39, 0.29) is 29.0 Å². The number of rotatable bonds is 7. The van der Waals surface area contributed by atoms with Crippen LogP contribution in [0.1, 0.15) is 117 Å². The normalized spacial score (nSPS) is 44.6. The summed E-state index contributed by atoms with van der Waals surface area (Å²) in [5, 5.41) is 24.7. The number of aliphatic hydroxyl groups is 2. The Morgan fingerprint density at radius 3 is 2.31 bits per heavy atom. The van der Waals surface area contributed by atoms with Gasteiger partial charge in [-0.2, -0.15) is 0 Å². The summed E-state index contributed by atoms with van der Waals surface area (Å²) in [5.41, 5.74) is 0.433. The fourth-order valence-corrected chi connectivity index (χ4v) is 12.2. The molecule has 10 atom stereocenters. The summed E-state index contributed by atoms with van der Waals surface area (Å²) < 4.78 is 27.4. The molecule has 4 N–H and O–H groups in total. The Morgan fingerprint density at radius 1 is 0.897 bits per heavy atom. The maximum atomic E-state index is 12.5. The molecule has 2 amide bonds. The zero-order valence-corrected chi connectivity index (χ0v) is 25.4. The summed E-state index contributed by atoms with van der Waals surface area (Å²) in [7, 11) is -3.60. The lowest BCUT2D eigenvalue weighted by Gasteiger charge is -2.64. The smallest absolute Gasteiger partial charge is 0.328 e. The van der Waals surface area contributed by atoms with Gasteiger partial charge in [-0.1, -0.05) is 46.5 Å². The molecular formula is C31H54N2O5S. The number of carbonyl (C=O) groups is 1. The van der Waals surface area contributed by atoms with Crippen molar-refractivity contribution in [3.8, 4) is 0 Å². The maximum Gasteiger partial charge on any atom is 0.328 e. The average Bonchev–Trinajstić information content (AvgIpc) is 3.24. The lowest BCUT2D eigenvalue weighted by Crippen LogP contribution is -2.62. The van der Waals surface area contributed by atoms with Crippen LogP contribution in [0.5, 0.6) is 0 Å². The summed E-state index contributed by atoms with van der Waals surface area (Å²) in [6.45, 7) is 7.65. The molecule has 0 aromatic rings. The number of urea groups is 1. The first-order valence-corrected chi connectivity index (χ1v) is 17.7. The van der Waals surface area contributed by atoms with E-state index in [4.69, 9.17) is 0 Å². The number of carbonyl (C=O) groups excluding carboxylic acids is 1. The van der Waals surface area contributed by atoms with Crippen LogP contribution in [0.3, 0.4) is 0 Å². The largest absolute Gasteiger partial charge is 0.393 e. The molecule has 5 fully saturated rings. The first-order valence-electron chi connectivity index (χ1n) is 16.2. The van der Waals surface area contributed by atoms with Crippen LogP contribution in [-0.4, -0.2) is 48.7 Å². The van der Waals surface area contributed by atoms with Gasteiger partial charge in [0.2, 0.25) is 10.0 Å². The second kappa shape index (κ2) is 11.4. The van der Waals surface area contributed by atoms with E-state index in [1.807, 2.05) is 0 Å². The molecule has 0 saturated heterocycles. The number of hydrogen-bond donors (Lipinski definition) is 4. The summed E-state index contributed by atoms with van der Waals surface area (Å²) in [4.78, 5) is 12.4. The van der Waals surface area contributed by atoms with Gasteiger partial charge in [0, 0.05) is 6.54 Å². The predicted octanol–water partition coefficient (Wildman–Crippen LogP) is 5.36. The van der Waals surface area contributed by atoms with Crippen molar-refractivity contribution in [1.29, 1.82) is 0 Å². The molecule has 5 aliphatic carbocycles. The summed E-state index contributed by atoms with van der Waals surface area (Å²) in [6, 6.07) is -0.590. The van der Waals surface area contributed by atoms with Gasteiger partial charge in [-0.3, -0.25) is 0 Å².